The number of benzene rings is 1. The predicted molar refractivity (Wildman–Crippen MR) is 87.9 cm³/mol. The lowest BCUT2D eigenvalue weighted by Crippen LogP contribution is -2.23. The summed E-state index contributed by atoms with van der Waals surface area (Å²) in [4.78, 5) is 0. The first-order valence-electron chi connectivity index (χ1n) is 7.76. The van der Waals surface area contributed by atoms with Gasteiger partial charge in [-0.3, -0.25) is 0 Å². The molecule has 4 heteroatoms. The molecule has 2 aliphatic rings. The van der Waals surface area contributed by atoms with Gasteiger partial charge in [-0.2, -0.15) is 0 Å². The average Bonchev–Trinajstić information content (AvgIpc) is 2.74. The largest absolute Gasteiger partial charge is 0.490 e. The van der Waals surface area contributed by atoms with Gasteiger partial charge in [-0.15, -0.1) is 0 Å². The number of hydrogen-bond acceptors (Lipinski definition) is 3. The van der Waals surface area contributed by atoms with E-state index in [1.807, 2.05) is 0 Å². The number of nitrogens with one attached hydrogen (secondary N) is 1. The van der Waals surface area contributed by atoms with E-state index in [0.717, 1.165) is 54.6 Å². The molecule has 0 spiro atoms. The Morgan fingerprint density at radius 2 is 2.10 bits per heavy atom. The van der Waals surface area contributed by atoms with Crippen molar-refractivity contribution in [2.45, 2.75) is 32.2 Å². The van der Waals surface area contributed by atoms with Crippen LogP contribution in [-0.2, 0) is 6.54 Å². The Morgan fingerprint density at radius 1 is 1.19 bits per heavy atom. The fourth-order valence-electron chi connectivity index (χ4n) is 2.85. The van der Waals surface area contributed by atoms with E-state index < -0.39 is 0 Å². The number of halogens is 1. The van der Waals surface area contributed by atoms with Gasteiger partial charge in [0.1, 0.15) is 0 Å². The molecular formula is C17H22BrNO2. The molecule has 114 valence electrons. The molecule has 1 aliphatic heterocycles. The zero-order valence-corrected chi connectivity index (χ0v) is 13.8. The highest BCUT2D eigenvalue weighted by Gasteiger charge is 2.15. The van der Waals surface area contributed by atoms with Crippen LogP contribution in [0.3, 0.4) is 0 Å². The Bertz CT molecular complexity index is 516. The highest BCUT2D eigenvalue weighted by Crippen LogP contribution is 2.38. The summed E-state index contributed by atoms with van der Waals surface area (Å²) >= 11 is 3.59. The monoisotopic (exact) mass is 351 g/mol. The van der Waals surface area contributed by atoms with E-state index in [-0.39, 0.29) is 0 Å². The lowest BCUT2D eigenvalue weighted by molar-refractivity contribution is 0.296. The maximum atomic E-state index is 5.77. The summed E-state index contributed by atoms with van der Waals surface area (Å²) in [7, 11) is 0. The van der Waals surface area contributed by atoms with Gasteiger partial charge in [0.2, 0.25) is 0 Å². The van der Waals surface area contributed by atoms with E-state index in [1.54, 1.807) is 0 Å². The minimum atomic E-state index is 0.721. The third kappa shape index (κ3) is 4.01. The number of rotatable bonds is 4. The van der Waals surface area contributed by atoms with Gasteiger partial charge in [-0.1, -0.05) is 12.2 Å². The van der Waals surface area contributed by atoms with Crippen molar-refractivity contribution < 1.29 is 9.47 Å². The van der Waals surface area contributed by atoms with Crippen molar-refractivity contribution in [1.82, 2.24) is 5.32 Å². The molecule has 1 N–H and O–H groups in total. The van der Waals surface area contributed by atoms with Crippen LogP contribution in [-0.4, -0.2) is 19.8 Å². The molecule has 0 fully saturated rings. The molecule has 0 aromatic heterocycles. The Balaban J connectivity index is 1.59. The lowest BCUT2D eigenvalue weighted by Gasteiger charge is -2.18. The molecule has 1 aromatic rings. The third-order valence-electron chi connectivity index (χ3n) is 4.00. The van der Waals surface area contributed by atoms with Crippen LogP contribution in [0.25, 0.3) is 0 Å². The lowest BCUT2D eigenvalue weighted by atomic mass is 9.94. The summed E-state index contributed by atoms with van der Waals surface area (Å²) in [5.41, 5.74) is 1.23. The van der Waals surface area contributed by atoms with Crippen molar-refractivity contribution in [3.05, 3.63) is 34.3 Å². The quantitative estimate of drug-likeness (QED) is 0.829. The molecular weight excluding hydrogens is 330 g/mol. The average molecular weight is 352 g/mol. The molecule has 21 heavy (non-hydrogen) atoms. The Labute approximate surface area is 134 Å². The Morgan fingerprint density at radius 3 is 2.95 bits per heavy atom. The molecule has 0 radical (unpaired) electrons. The Hall–Kier alpha value is -1.00. The van der Waals surface area contributed by atoms with Crippen molar-refractivity contribution in [2.24, 2.45) is 5.92 Å². The second kappa shape index (κ2) is 7.32. The van der Waals surface area contributed by atoms with Gasteiger partial charge in [-0.05, 0) is 65.4 Å². The normalized spacial score (nSPS) is 21.1. The second-order valence-electron chi connectivity index (χ2n) is 5.74. The summed E-state index contributed by atoms with van der Waals surface area (Å²) in [5.74, 6) is 2.48. The molecule has 0 amide bonds. The van der Waals surface area contributed by atoms with Gasteiger partial charge < -0.3 is 14.8 Å². The highest BCUT2D eigenvalue weighted by atomic mass is 79.9. The van der Waals surface area contributed by atoms with Gasteiger partial charge in [0, 0.05) is 13.0 Å². The van der Waals surface area contributed by atoms with Gasteiger partial charge >= 0.3 is 0 Å². The van der Waals surface area contributed by atoms with Crippen LogP contribution >= 0.6 is 15.9 Å². The van der Waals surface area contributed by atoms with Crippen molar-refractivity contribution in [3.8, 4) is 11.5 Å². The van der Waals surface area contributed by atoms with Crippen molar-refractivity contribution >= 4 is 15.9 Å². The number of hydrogen-bond donors (Lipinski definition) is 1. The molecule has 1 atom stereocenters. The number of allylic oxidation sites excluding steroid dienone is 2. The molecule has 3 rings (SSSR count). The zero-order chi connectivity index (χ0) is 14.5. The third-order valence-corrected chi connectivity index (χ3v) is 4.59. The van der Waals surface area contributed by atoms with Gasteiger partial charge in [0.15, 0.2) is 11.5 Å². The van der Waals surface area contributed by atoms with E-state index in [0.29, 0.717) is 0 Å². The molecule has 1 heterocycles. The highest BCUT2D eigenvalue weighted by molar-refractivity contribution is 9.10. The molecule has 1 aliphatic carbocycles. The van der Waals surface area contributed by atoms with Gasteiger partial charge in [-0.25, -0.2) is 0 Å². The summed E-state index contributed by atoms with van der Waals surface area (Å²) in [5, 5.41) is 3.57. The van der Waals surface area contributed by atoms with Crippen LogP contribution in [0.5, 0.6) is 11.5 Å². The van der Waals surface area contributed by atoms with E-state index in [9.17, 15) is 0 Å². The fourth-order valence-corrected chi connectivity index (χ4v) is 3.45. The van der Waals surface area contributed by atoms with E-state index in [1.165, 1.54) is 24.8 Å². The van der Waals surface area contributed by atoms with Crippen molar-refractivity contribution in [3.63, 3.8) is 0 Å². The minimum absolute atomic E-state index is 0.721. The summed E-state index contributed by atoms with van der Waals surface area (Å²) in [6, 6.07) is 4.22. The van der Waals surface area contributed by atoms with Crippen LogP contribution < -0.4 is 14.8 Å². The van der Waals surface area contributed by atoms with E-state index in [2.05, 4.69) is 45.5 Å². The van der Waals surface area contributed by atoms with Gasteiger partial charge in [0.05, 0.1) is 17.7 Å². The summed E-state index contributed by atoms with van der Waals surface area (Å²) in [6.07, 6.45) is 9.26. The van der Waals surface area contributed by atoms with Crippen LogP contribution in [0.15, 0.2) is 28.8 Å². The maximum absolute atomic E-state index is 5.77. The summed E-state index contributed by atoms with van der Waals surface area (Å²) < 4.78 is 12.5. The molecule has 1 aromatic carbocycles. The first-order chi connectivity index (χ1) is 10.3. The van der Waals surface area contributed by atoms with E-state index >= 15 is 0 Å². The minimum Gasteiger partial charge on any atom is -0.490 e. The van der Waals surface area contributed by atoms with Crippen LogP contribution in [0.4, 0.5) is 0 Å². The smallest absolute Gasteiger partial charge is 0.175 e. The van der Waals surface area contributed by atoms with Crippen molar-refractivity contribution in [1.29, 1.82) is 0 Å². The van der Waals surface area contributed by atoms with Crippen LogP contribution in [0, 0.1) is 5.92 Å². The fraction of sp³-hybridized carbons (Fsp3) is 0.529. The molecule has 1 unspecified atom stereocenters. The topological polar surface area (TPSA) is 30.5 Å². The predicted octanol–water partition coefficient (Wildman–Crippen LogP) is 4.06. The first-order valence-corrected chi connectivity index (χ1v) is 8.56. The second-order valence-corrected chi connectivity index (χ2v) is 6.59. The molecule has 0 saturated heterocycles. The SMILES string of the molecule is Brc1cc(CNCC2CC=CCC2)cc2c1OCCCO2. The van der Waals surface area contributed by atoms with Crippen LogP contribution in [0.1, 0.15) is 31.2 Å². The molecule has 0 bridgehead atoms. The zero-order valence-electron chi connectivity index (χ0n) is 12.2. The number of ether oxygens (including phenoxy) is 2. The molecule has 0 saturated carbocycles. The maximum Gasteiger partial charge on any atom is 0.175 e. The van der Waals surface area contributed by atoms with E-state index in [4.69, 9.17) is 9.47 Å². The first kappa shape index (κ1) is 14.9. The van der Waals surface area contributed by atoms with Crippen LogP contribution in [0.2, 0.25) is 0 Å². The number of fused-ring (bicyclic) bond motifs is 1. The summed E-state index contributed by atoms with van der Waals surface area (Å²) in [6.45, 7) is 3.40. The Kier molecular flexibility index (Phi) is 5.20. The van der Waals surface area contributed by atoms with Crippen molar-refractivity contribution in [2.75, 3.05) is 19.8 Å². The standard InChI is InChI=1S/C17H22BrNO2/c18-15-9-14(10-16-17(15)21-8-4-7-20-16)12-19-11-13-5-2-1-3-6-13/h1-2,9-10,13,19H,3-8,11-12H2. The van der Waals surface area contributed by atoms with Gasteiger partial charge in [0.25, 0.3) is 0 Å². The molecule has 3 nitrogen and oxygen atoms in total.